The number of aromatic nitrogens is 4. The van der Waals surface area contributed by atoms with Crippen LogP contribution in [0, 0.1) is 0 Å². The average molecular weight is 411 g/mol. The van der Waals surface area contributed by atoms with E-state index in [1.807, 2.05) is 32.9 Å². The first-order valence-corrected chi connectivity index (χ1v) is 11.4. The molecule has 1 heterocycles. The molecule has 0 aliphatic carbocycles. The monoisotopic (exact) mass is 410 g/mol. The van der Waals surface area contributed by atoms with Gasteiger partial charge in [-0.1, -0.05) is 61.2 Å². The van der Waals surface area contributed by atoms with E-state index in [0.29, 0.717) is 15.8 Å². The van der Waals surface area contributed by atoms with Crippen molar-refractivity contribution in [1.82, 2.24) is 20.2 Å². The van der Waals surface area contributed by atoms with Gasteiger partial charge in [-0.3, -0.25) is 0 Å². The van der Waals surface area contributed by atoms with E-state index in [1.54, 1.807) is 37.4 Å². The molecule has 6 nitrogen and oxygen atoms in total. The molecule has 1 aromatic heterocycles. The Morgan fingerprint density at radius 3 is 2.11 bits per heavy atom. The van der Waals surface area contributed by atoms with Gasteiger partial charge >= 0.3 is 0 Å². The molecule has 2 rings (SSSR count). The van der Waals surface area contributed by atoms with Gasteiger partial charge in [0.1, 0.15) is 0 Å². The van der Waals surface area contributed by atoms with Crippen molar-refractivity contribution in [3.63, 3.8) is 0 Å². The molecule has 0 bridgehead atoms. The van der Waals surface area contributed by atoms with Crippen molar-refractivity contribution in [2.75, 3.05) is 11.5 Å². The zero-order valence-electron chi connectivity index (χ0n) is 16.7. The number of benzene rings is 1. The van der Waals surface area contributed by atoms with Gasteiger partial charge in [0.25, 0.3) is 0 Å². The summed E-state index contributed by atoms with van der Waals surface area (Å²) in [5.41, 5.74) is 0. The molecular formula is C19H30N4O2S2. The normalized spacial score (nSPS) is 11.0. The molecule has 0 spiro atoms. The van der Waals surface area contributed by atoms with Gasteiger partial charge in [-0.05, 0) is 49.8 Å². The van der Waals surface area contributed by atoms with Gasteiger partial charge < -0.3 is 0 Å². The summed E-state index contributed by atoms with van der Waals surface area (Å²) in [6.07, 6.45) is 9.34. The fraction of sp³-hybridized carbons (Fsp3) is 0.421. The van der Waals surface area contributed by atoms with Gasteiger partial charge in [0, 0.05) is 12.8 Å². The SMILES string of the molecule is C/C=C\C.C/C=C\CC.Cn1nnnc1SCCS(=O)(=O)c1ccccc1. The third-order valence-electron chi connectivity index (χ3n) is 3.07. The average Bonchev–Trinajstić information content (AvgIpc) is 3.09. The van der Waals surface area contributed by atoms with Crippen molar-refractivity contribution in [3.8, 4) is 0 Å². The number of hydrogen-bond donors (Lipinski definition) is 0. The Morgan fingerprint density at radius 1 is 1.07 bits per heavy atom. The Hall–Kier alpha value is -1.93. The third kappa shape index (κ3) is 11.4. The molecule has 0 atom stereocenters. The van der Waals surface area contributed by atoms with E-state index in [4.69, 9.17) is 0 Å². The Labute approximate surface area is 167 Å². The number of aryl methyl sites for hydroxylation is 1. The Bertz CT molecular complexity index is 766. The number of sulfone groups is 1. The number of allylic oxidation sites excluding steroid dienone is 4. The van der Waals surface area contributed by atoms with Gasteiger partial charge in [0.15, 0.2) is 9.84 Å². The van der Waals surface area contributed by atoms with Crippen LogP contribution in [-0.4, -0.2) is 40.1 Å². The number of tetrazole rings is 1. The summed E-state index contributed by atoms with van der Waals surface area (Å²) in [5, 5.41) is 11.6. The quantitative estimate of drug-likeness (QED) is 0.521. The summed E-state index contributed by atoms with van der Waals surface area (Å²) in [6, 6.07) is 8.42. The van der Waals surface area contributed by atoms with Gasteiger partial charge in [-0.2, -0.15) is 0 Å². The van der Waals surface area contributed by atoms with E-state index in [2.05, 4.69) is 34.6 Å². The van der Waals surface area contributed by atoms with Crippen molar-refractivity contribution >= 4 is 21.6 Å². The number of rotatable bonds is 6. The van der Waals surface area contributed by atoms with Crippen molar-refractivity contribution < 1.29 is 8.42 Å². The highest BCUT2D eigenvalue weighted by Gasteiger charge is 2.14. The van der Waals surface area contributed by atoms with Crippen LogP contribution in [0.3, 0.4) is 0 Å². The van der Waals surface area contributed by atoms with Crippen LogP contribution in [0.25, 0.3) is 0 Å². The predicted molar refractivity (Wildman–Crippen MR) is 114 cm³/mol. The number of thioether (sulfide) groups is 1. The first-order chi connectivity index (χ1) is 12.9. The molecule has 2 aromatic rings. The van der Waals surface area contributed by atoms with E-state index < -0.39 is 9.84 Å². The summed E-state index contributed by atoms with van der Waals surface area (Å²) in [4.78, 5) is 0.349. The molecule has 27 heavy (non-hydrogen) atoms. The van der Waals surface area contributed by atoms with Crippen LogP contribution >= 0.6 is 11.8 Å². The highest BCUT2D eigenvalue weighted by atomic mass is 32.2. The molecule has 0 aliphatic heterocycles. The zero-order chi connectivity index (χ0) is 20.5. The van der Waals surface area contributed by atoms with Gasteiger partial charge in [-0.25, -0.2) is 13.1 Å². The molecule has 0 saturated carbocycles. The maximum Gasteiger partial charge on any atom is 0.209 e. The lowest BCUT2D eigenvalue weighted by Gasteiger charge is -2.03. The van der Waals surface area contributed by atoms with E-state index in [1.165, 1.54) is 16.4 Å². The summed E-state index contributed by atoms with van der Waals surface area (Å²) in [7, 11) is -1.51. The predicted octanol–water partition coefficient (Wildman–Crippen LogP) is 4.33. The maximum atomic E-state index is 12.0. The molecule has 0 N–H and O–H groups in total. The summed E-state index contributed by atoms with van der Waals surface area (Å²) < 4.78 is 25.5. The van der Waals surface area contributed by atoms with Crippen LogP contribution in [-0.2, 0) is 16.9 Å². The van der Waals surface area contributed by atoms with Crippen LogP contribution in [0.2, 0.25) is 0 Å². The Kier molecular flexibility index (Phi) is 14.1. The molecule has 0 fully saturated rings. The number of nitrogens with zero attached hydrogens (tertiary/aromatic N) is 4. The minimum absolute atomic E-state index is 0.0640. The van der Waals surface area contributed by atoms with Crippen LogP contribution in [0.4, 0.5) is 0 Å². The minimum Gasteiger partial charge on any atom is -0.224 e. The summed E-state index contributed by atoms with van der Waals surface area (Å²) >= 11 is 1.32. The topological polar surface area (TPSA) is 77.7 Å². The highest BCUT2D eigenvalue weighted by molar-refractivity contribution is 8.00. The highest BCUT2D eigenvalue weighted by Crippen LogP contribution is 2.16. The van der Waals surface area contributed by atoms with Crippen molar-refractivity contribution in [2.24, 2.45) is 7.05 Å². The van der Waals surface area contributed by atoms with Gasteiger partial charge in [0.05, 0.1) is 10.6 Å². The van der Waals surface area contributed by atoms with Gasteiger partial charge in [-0.15, -0.1) is 5.10 Å². The third-order valence-corrected chi connectivity index (χ3v) is 6.07. The molecule has 0 amide bonds. The fourth-order valence-electron chi connectivity index (χ4n) is 1.57. The largest absolute Gasteiger partial charge is 0.224 e. The lowest BCUT2D eigenvalue weighted by atomic mass is 10.4. The summed E-state index contributed by atoms with van der Waals surface area (Å²) in [6.45, 7) is 8.16. The van der Waals surface area contributed by atoms with Crippen LogP contribution in [0.15, 0.2) is 64.7 Å². The minimum atomic E-state index is -3.23. The van der Waals surface area contributed by atoms with E-state index in [9.17, 15) is 8.42 Å². The van der Waals surface area contributed by atoms with E-state index >= 15 is 0 Å². The molecule has 0 unspecified atom stereocenters. The van der Waals surface area contributed by atoms with E-state index in [-0.39, 0.29) is 5.75 Å². The first-order valence-electron chi connectivity index (χ1n) is 8.74. The Balaban J connectivity index is 0.000000630. The molecule has 0 aliphatic rings. The molecule has 1 aromatic carbocycles. The standard InChI is InChI=1S/C10H12N4O2S2.C5H10.C4H8/c1-14-10(11-12-13-14)17-7-8-18(15,16)9-5-3-2-4-6-9;1-3-5-4-2;1-3-4-2/h2-6H,7-8H2,1H3;3,5H,4H2,1-2H3;3-4H,1-2H3/b;5-3-;4-3-. The van der Waals surface area contributed by atoms with E-state index in [0.717, 1.165) is 6.42 Å². The second-order valence-corrected chi connectivity index (χ2v) is 8.38. The molecule has 0 saturated heterocycles. The molecule has 150 valence electrons. The summed E-state index contributed by atoms with van der Waals surface area (Å²) in [5.74, 6) is 0.486. The Morgan fingerprint density at radius 2 is 1.70 bits per heavy atom. The van der Waals surface area contributed by atoms with Crippen LogP contribution in [0.1, 0.15) is 34.1 Å². The second-order valence-electron chi connectivity index (χ2n) is 5.21. The first kappa shape index (κ1) is 25.1. The van der Waals surface area contributed by atoms with Gasteiger partial charge in [0.2, 0.25) is 5.16 Å². The number of hydrogen-bond acceptors (Lipinski definition) is 6. The zero-order valence-corrected chi connectivity index (χ0v) is 18.4. The van der Waals surface area contributed by atoms with Crippen molar-refractivity contribution in [1.29, 1.82) is 0 Å². The lowest BCUT2D eigenvalue weighted by Crippen LogP contribution is -2.09. The smallest absolute Gasteiger partial charge is 0.209 e. The lowest BCUT2D eigenvalue weighted by molar-refractivity contribution is 0.597. The fourth-order valence-corrected chi connectivity index (χ4v) is 4.09. The molecule has 0 radical (unpaired) electrons. The van der Waals surface area contributed by atoms with Crippen LogP contribution < -0.4 is 0 Å². The second kappa shape index (κ2) is 15.2. The van der Waals surface area contributed by atoms with Crippen molar-refractivity contribution in [2.45, 2.75) is 44.2 Å². The van der Waals surface area contributed by atoms with Crippen molar-refractivity contribution in [3.05, 3.63) is 54.6 Å². The maximum absolute atomic E-state index is 12.0. The molecular weight excluding hydrogens is 380 g/mol. The van der Waals surface area contributed by atoms with Crippen LogP contribution in [0.5, 0.6) is 0 Å². The molecule has 8 heteroatoms.